The number of hydrogen-bond acceptors (Lipinski definition) is 5. The molecule has 5 rings (SSSR count). The van der Waals surface area contributed by atoms with Crippen molar-refractivity contribution in [1.29, 1.82) is 0 Å². The summed E-state index contributed by atoms with van der Waals surface area (Å²) in [6, 6.07) is 6.12. The van der Waals surface area contributed by atoms with Crippen LogP contribution in [0.25, 0.3) is 11.0 Å². The lowest BCUT2D eigenvalue weighted by Crippen LogP contribution is -2.16. The van der Waals surface area contributed by atoms with Gasteiger partial charge in [-0.25, -0.2) is 22.5 Å². The largest absolute Gasteiger partial charge is 0.319 e. The van der Waals surface area contributed by atoms with Crippen molar-refractivity contribution in [3.05, 3.63) is 52.6 Å². The maximum absolute atomic E-state index is 14.3. The molecule has 1 saturated carbocycles. The number of aryl methyl sites for hydroxylation is 2. The molecule has 1 amide bonds. The van der Waals surface area contributed by atoms with E-state index in [-0.39, 0.29) is 29.2 Å². The van der Waals surface area contributed by atoms with Crippen LogP contribution in [0.15, 0.2) is 24.3 Å². The highest BCUT2D eigenvalue weighted by Crippen LogP contribution is 2.41. The van der Waals surface area contributed by atoms with E-state index in [1.165, 1.54) is 6.07 Å². The number of nitrogens with one attached hydrogen (secondary N) is 1. The minimum Gasteiger partial charge on any atom is -0.319 e. The Labute approximate surface area is 179 Å². The first-order valence-corrected chi connectivity index (χ1v) is 12.2. The monoisotopic (exact) mass is 442 g/mol. The molecule has 2 fully saturated rings. The number of rotatable bonds is 4. The molecule has 31 heavy (non-hydrogen) atoms. The number of anilines is 1. The van der Waals surface area contributed by atoms with E-state index in [0.29, 0.717) is 28.7 Å². The lowest BCUT2D eigenvalue weighted by Gasteiger charge is -2.12. The Balaban J connectivity index is 1.61. The average molecular weight is 443 g/mol. The number of carbonyl (C=O) groups is 1. The summed E-state index contributed by atoms with van der Waals surface area (Å²) in [7, 11) is -3.10. The SMILES string of the molecule is Cc1ccc(NC(=O)c2cc(C3CC3)nc3c2c(C)nn3C2CCS(=O)(=O)C2)c(F)c1. The van der Waals surface area contributed by atoms with Crippen LogP contribution in [0.2, 0.25) is 0 Å². The zero-order valence-corrected chi connectivity index (χ0v) is 18.2. The number of fused-ring (bicyclic) bond motifs is 1. The summed E-state index contributed by atoms with van der Waals surface area (Å²) in [5.41, 5.74) is 3.18. The van der Waals surface area contributed by atoms with Crippen molar-refractivity contribution in [2.24, 2.45) is 0 Å². The molecular weight excluding hydrogens is 419 g/mol. The molecule has 0 bridgehead atoms. The van der Waals surface area contributed by atoms with Gasteiger partial charge in [0.2, 0.25) is 0 Å². The van der Waals surface area contributed by atoms with Crippen molar-refractivity contribution in [3.8, 4) is 0 Å². The van der Waals surface area contributed by atoms with Crippen LogP contribution in [0.1, 0.15) is 58.5 Å². The molecule has 3 heterocycles. The zero-order valence-electron chi connectivity index (χ0n) is 17.4. The van der Waals surface area contributed by atoms with Crippen molar-refractivity contribution < 1.29 is 17.6 Å². The molecular formula is C22H23FN4O3S. The molecule has 1 atom stereocenters. The number of carbonyl (C=O) groups excluding carboxylic acids is 1. The molecule has 2 aromatic heterocycles. The fourth-order valence-corrected chi connectivity index (χ4v) is 5.93. The van der Waals surface area contributed by atoms with Crippen LogP contribution >= 0.6 is 0 Å². The fourth-order valence-electron chi connectivity index (χ4n) is 4.23. The number of benzene rings is 1. The summed E-state index contributed by atoms with van der Waals surface area (Å²) in [5, 5.41) is 7.83. The first-order chi connectivity index (χ1) is 14.7. The fraction of sp³-hybridized carbons (Fsp3) is 0.409. The third-order valence-corrected chi connectivity index (χ3v) is 7.77. The third kappa shape index (κ3) is 3.71. The van der Waals surface area contributed by atoms with Gasteiger partial charge >= 0.3 is 0 Å². The number of halogens is 1. The number of amides is 1. The highest BCUT2D eigenvalue weighted by atomic mass is 32.2. The molecule has 1 aliphatic carbocycles. The Morgan fingerprint density at radius 3 is 2.61 bits per heavy atom. The van der Waals surface area contributed by atoms with Crippen LogP contribution in [0.5, 0.6) is 0 Å². The van der Waals surface area contributed by atoms with Gasteiger partial charge in [0, 0.05) is 11.6 Å². The first kappa shape index (κ1) is 20.1. The van der Waals surface area contributed by atoms with Crippen LogP contribution in [0.4, 0.5) is 10.1 Å². The highest BCUT2D eigenvalue weighted by molar-refractivity contribution is 7.91. The number of aromatic nitrogens is 3. The molecule has 9 heteroatoms. The van der Waals surface area contributed by atoms with E-state index < -0.39 is 21.6 Å². The quantitative estimate of drug-likeness (QED) is 0.665. The predicted molar refractivity (Wildman–Crippen MR) is 116 cm³/mol. The van der Waals surface area contributed by atoms with Crippen LogP contribution in [0.3, 0.4) is 0 Å². The van der Waals surface area contributed by atoms with Crippen molar-refractivity contribution in [2.45, 2.75) is 45.1 Å². The summed E-state index contributed by atoms with van der Waals surface area (Å²) < 4.78 is 40.0. The minimum absolute atomic E-state index is 0.0225. The molecule has 1 aliphatic heterocycles. The van der Waals surface area contributed by atoms with Gasteiger partial charge in [-0.2, -0.15) is 5.10 Å². The molecule has 2 aliphatic rings. The maximum atomic E-state index is 14.3. The summed E-state index contributed by atoms with van der Waals surface area (Å²) in [6.07, 6.45) is 2.47. The van der Waals surface area contributed by atoms with Gasteiger partial charge in [0.25, 0.3) is 5.91 Å². The number of sulfone groups is 1. The third-order valence-electron chi connectivity index (χ3n) is 6.02. The van der Waals surface area contributed by atoms with Crippen molar-refractivity contribution in [3.63, 3.8) is 0 Å². The van der Waals surface area contributed by atoms with Crippen molar-refractivity contribution >= 4 is 32.5 Å². The van der Waals surface area contributed by atoms with Gasteiger partial charge in [-0.15, -0.1) is 0 Å². The first-order valence-electron chi connectivity index (χ1n) is 10.4. The van der Waals surface area contributed by atoms with E-state index in [2.05, 4.69) is 10.4 Å². The second-order valence-electron chi connectivity index (χ2n) is 8.59. The van der Waals surface area contributed by atoms with Gasteiger partial charge in [-0.1, -0.05) is 6.07 Å². The van der Waals surface area contributed by atoms with E-state index in [0.717, 1.165) is 24.1 Å². The summed E-state index contributed by atoms with van der Waals surface area (Å²) in [5.74, 6) is -0.499. The predicted octanol–water partition coefficient (Wildman–Crippen LogP) is 3.68. The van der Waals surface area contributed by atoms with Gasteiger partial charge in [0.05, 0.1) is 39.9 Å². The Kier molecular flexibility index (Phi) is 4.62. The molecule has 7 nitrogen and oxygen atoms in total. The molecule has 1 unspecified atom stereocenters. The topological polar surface area (TPSA) is 93.9 Å². The standard InChI is InChI=1S/C22H23FN4O3S/c1-12-3-6-18(17(23)9-12)25-22(28)16-10-19(14-4-5-14)24-21-20(16)13(2)26-27(21)15-7-8-31(29,30)11-15/h3,6,9-10,14-15H,4-5,7-8,11H2,1-2H3,(H,25,28). The summed E-state index contributed by atoms with van der Waals surface area (Å²) in [6.45, 7) is 3.56. The van der Waals surface area contributed by atoms with E-state index in [9.17, 15) is 17.6 Å². The number of nitrogens with zero attached hydrogens (tertiary/aromatic N) is 3. The number of hydrogen-bond donors (Lipinski definition) is 1. The zero-order chi connectivity index (χ0) is 21.9. The average Bonchev–Trinajstić information content (AvgIpc) is 3.43. The minimum atomic E-state index is -3.10. The highest BCUT2D eigenvalue weighted by Gasteiger charge is 2.34. The van der Waals surface area contributed by atoms with Crippen LogP contribution < -0.4 is 5.32 Å². The van der Waals surface area contributed by atoms with Gasteiger partial charge in [-0.05, 0) is 56.9 Å². The van der Waals surface area contributed by atoms with Crippen LogP contribution in [-0.2, 0) is 9.84 Å². The summed E-state index contributed by atoms with van der Waals surface area (Å²) >= 11 is 0. The normalized spacial score (nSPS) is 20.3. The second-order valence-corrected chi connectivity index (χ2v) is 10.8. The summed E-state index contributed by atoms with van der Waals surface area (Å²) in [4.78, 5) is 18.0. The lowest BCUT2D eigenvalue weighted by molar-refractivity contribution is 0.102. The molecule has 1 saturated heterocycles. The van der Waals surface area contributed by atoms with Gasteiger partial charge in [0.1, 0.15) is 5.82 Å². The van der Waals surface area contributed by atoms with E-state index in [1.807, 2.05) is 0 Å². The molecule has 1 aromatic carbocycles. The van der Waals surface area contributed by atoms with E-state index in [1.54, 1.807) is 36.7 Å². The smallest absolute Gasteiger partial charge is 0.256 e. The lowest BCUT2D eigenvalue weighted by atomic mass is 10.1. The molecule has 0 spiro atoms. The van der Waals surface area contributed by atoms with Gasteiger partial charge < -0.3 is 5.32 Å². The van der Waals surface area contributed by atoms with Crippen molar-refractivity contribution in [2.75, 3.05) is 16.8 Å². The molecule has 3 aromatic rings. The van der Waals surface area contributed by atoms with Crippen LogP contribution in [0, 0.1) is 19.7 Å². The van der Waals surface area contributed by atoms with Crippen LogP contribution in [-0.4, -0.2) is 40.6 Å². The Morgan fingerprint density at radius 2 is 1.97 bits per heavy atom. The van der Waals surface area contributed by atoms with Crippen molar-refractivity contribution in [1.82, 2.24) is 14.8 Å². The maximum Gasteiger partial charge on any atom is 0.256 e. The Hall–Kier alpha value is -2.81. The van der Waals surface area contributed by atoms with Gasteiger partial charge in [0.15, 0.2) is 15.5 Å². The Bertz CT molecular complexity index is 1330. The molecule has 1 N–H and O–H groups in total. The second kappa shape index (κ2) is 7.12. The molecule has 0 radical (unpaired) electrons. The number of pyridine rings is 1. The van der Waals surface area contributed by atoms with E-state index in [4.69, 9.17) is 4.98 Å². The van der Waals surface area contributed by atoms with E-state index >= 15 is 0 Å². The Morgan fingerprint density at radius 1 is 1.19 bits per heavy atom. The molecule has 162 valence electrons. The van der Waals surface area contributed by atoms with Gasteiger partial charge in [-0.3, -0.25) is 4.79 Å².